The molecule has 20 heavy (non-hydrogen) atoms. The van der Waals surface area contributed by atoms with Crippen molar-refractivity contribution < 1.29 is 9.53 Å². The van der Waals surface area contributed by atoms with Crippen LogP contribution in [0, 0.1) is 0 Å². The first kappa shape index (κ1) is 15.8. The lowest BCUT2D eigenvalue weighted by Crippen LogP contribution is -2.40. The molecule has 0 aromatic heterocycles. The van der Waals surface area contributed by atoms with Gasteiger partial charge in [-0.2, -0.15) is 0 Å². The molecule has 1 N–H and O–H groups in total. The molecule has 3 rings (SSSR count). The maximum absolute atomic E-state index is 10.1. The molecule has 3 fully saturated rings. The maximum Gasteiger partial charge on any atom is 0.302 e. The van der Waals surface area contributed by atoms with Gasteiger partial charge in [-0.15, -0.1) is 0 Å². The number of hydrogen-bond acceptors (Lipinski definition) is 3. The molecule has 3 nitrogen and oxygen atoms in total. The Morgan fingerprint density at radius 1 is 0.800 bits per heavy atom. The highest BCUT2D eigenvalue weighted by Crippen LogP contribution is 2.23. The average molecular weight is 281 g/mol. The number of carbonyl (C=O) groups excluding carboxylic acids is 1. The quantitative estimate of drug-likeness (QED) is 0.796. The fourth-order valence-corrected chi connectivity index (χ4v) is 3.29. The topological polar surface area (TPSA) is 38.3 Å². The van der Waals surface area contributed by atoms with Crippen molar-refractivity contribution in [2.45, 2.75) is 102 Å². The Morgan fingerprint density at radius 3 is 1.55 bits per heavy atom. The molecule has 0 aromatic rings. The molecule has 0 aromatic carbocycles. The zero-order chi connectivity index (χ0) is 14.2. The Labute approximate surface area is 123 Å². The average Bonchev–Trinajstić information content (AvgIpc) is 3.25. The molecule has 0 spiro atoms. The molecule has 0 amide bonds. The minimum absolute atomic E-state index is 0.150. The number of ether oxygens (including phenoxy) is 1. The highest BCUT2D eigenvalue weighted by atomic mass is 16.5. The molecule has 3 heteroatoms. The normalized spacial score (nSPS) is 24.6. The monoisotopic (exact) mass is 281 g/mol. The molecule has 0 saturated heterocycles. The third-order valence-electron chi connectivity index (χ3n) is 4.54. The molecule has 0 atom stereocenters. The van der Waals surface area contributed by atoms with E-state index in [1.807, 2.05) is 0 Å². The van der Waals surface area contributed by atoms with E-state index in [0.717, 1.165) is 24.9 Å². The summed E-state index contributed by atoms with van der Waals surface area (Å²) in [5, 5.41) is 3.86. The van der Waals surface area contributed by atoms with Crippen LogP contribution in [0.25, 0.3) is 0 Å². The fourth-order valence-electron chi connectivity index (χ4n) is 3.29. The lowest BCUT2D eigenvalue weighted by atomic mass is 9.91. The van der Waals surface area contributed by atoms with Gasteiger partial charge >= 0.3 is 5.97 Å². The van der Waals surface area contributed by atoms with Crippen LogP contribution in [0.4, 0.5) is 0 Å². The predicted octanol–water partition coefficient (Wildman–Crippen LogP) is 3.95. The molecule has 3 saturated carbocycles. The van der Waals surface area contributed by atoms with Crippen molar-refractivity contribution >= 4 is 5.97 Å². The van der Waals surface area contributed by atoms with Crippen LogP contribution in [0.3, 0.4) is 0 Å². The molecular formula is C17H31NO2. The number of carbonyl (C=O) groups is 1. The van der Waals surface area contributed by atoms with Crippen LogP contribution >= 0.6 is 0 Å². The van der Waals surface area contributed by atoms with Crippen molar-refractivity contribution in [2.24, 2.45) is 0 Å². The summed E-state index contributed by atoms with van der Waals surface area (Å²) >= 11 is 0. The Hall–Kier alpha value is -0.570. The summed E-state index contributed by atoms with van der Waals surface area (Å²) in [5.74, 6) is -0.150. The largest absolute Gasteiger partial charge is 0.463 e. The second-order valence-corrected chi connectivity index (χ2v) is 6.65. The summed E-state index contributed by atoms with van der Waals surface area (Å²) in [6.07, 6.45) is 17.0. The van der Waals surface area contributed by atoms with Gasteiger partial charge in [0.15, 0.2) is 0 Å². The molecule has 3 aliphatic carbocycles. The minimum atomic E-state index is -0.150. The van der Waals surface area contributed by atoms with Gasteiger partial charge in [0.05, 0.1) is 0 Å². The second kappa shape index (κ2) is 8.66. The highest BCUT2D eigenvalue weighted by Gasteiger charge is 2.24. The van der Waals surface area contributed by atoms with E-state index in [1.165, 1.54) is 71.1 Å². The van der Waals surface area contributed by atoms with Crippen LogP contribution in [0.2, 0.25) is 0 Å². The van der Waals surface area contributed by atoms with Gasteiger partial charge in [-0.05, 0) is 38.5 Å². The number of rotatable bonds is 3. The standard InChI is InChI=1S/C12H23N.C5H8O2/c1-3-7-11(8-4-1)13-12-9-5-2-6-10-12;1-4(6)7-5-2-3-5/h11-13H,1-10H2;5H,2-3H2,1H3. The van der Waals surface area contributed by atoms with Crippen LogP contribution in [0.15, 0.2) is 0 Å². The SMILES string of the molecule is C1CCC(NC2CCCCC2)CC1.CC(=O)OC1CC1. The summed E-state index contributed by atoms with van der Waals surface area (Å²) in [5.41, 5.74) is 0. The van der Waals surface area contributed by atoms with Gasteiger partial charge in [0.2, 0.25) is 0 Å². The van der Waals surface area contributed by atoms with Crippen LogP contribution in [0.1, 0.15) is 84.0 Å². The first-order valence-corrected chi connectivity index (χ1v) is 8.67. The molecular weight excluding hydrogens is 250 g/mol. The van der Waals surface area contributed by atoms with E-state index >= 15 is 0 Å². The van der Waals surface area contributed by atoms with Gasteiger partial charge in [-0.25, -0.2) is 0 Å². The third kappa shape index (κ3) is 6.74. The summed E-state index contributed by atoms with van der Waals surface area (Å²) in [6, 6.07) is 1.74. The van der Waals surface area contributed by atoms with Crippen molar-refractivity contribution in [3.05, 3.63) is 0 Å². The minimum Gasteiger partial charge on any atom is -0.463 e. The summed E-state index contributed by atoms with van der Waals surface area (Å²) in [7, 11) is 0. The van der Waals surface area contributed by atoms with Gasteiger partial charge in [-0.1, -0.05) is 38.5 Å². The van der Waals surface area contributed by atoms with E-state index in [-0.39, 0.29) is 12.1 Å². The van der Waals surface area contributed by atoms with E-state index < -0.39 is 0 Å². The Bertz CT molecular complexity index is 261. The van der Waals surface area contributed by atoms with Crippen molar-refractivity contribution in [2.75, 3.05) is 0 Å². The number of esters is 1. The van der Waals surface area contributed by atoms with Gasteiger partial charge < -0.3 is 10.1 Å². The van der Waals surface area contributed by atoms with E-state index in [2.05, 4.69) is 5.32 Å². The van der Waals surface area contributed by atoms with Crippen molar-refractivity contribution in [3.63, 3.8) is 0 Å². The molecule has 0 bridgehead atoms. The Kier molecular flexibility index (Phi) is 6.85. The molecule has 3 aliphatic rings. The predicted molar refractivity (Wildman–Crippen MR) is 81.7 cm³/mol. The first-order valence-electron chi connectivity index (χ1n) is 8.67. The first-order chi connectivity index (χ1) is 9.74. The smallest absolute Gasteiger partial charge is 0.302 e. The van der Waals surface area contributed by atoms with E-state index in [1.54, 1.807) is 0 Å². The molecule has 116 valence electrons. The van der Waals surface area contributed by atoms with Crippen molar-refractivity contribution in [1.82, 2.24) is 5.32 Å². The molecule has 0 heterocycles. The van der Waals surface area contributed by atoms with Crippen molar-refractivity contribution in [3.8, 4) is 0 Å². The number of hydrogen-bond donors (Lipinski definition) is 1. The van der Waals surface area contributed by atoms with Gasteiger partial charge in [0.25, 0.3) is 0 Å². The van der Waals surface area contributed by atoms with Gasteiger partial charge in [0, 0.05) is 19.0 Å². The lowest BCUT2D eigenvalue weighted by Gasteiger charge is -2.30. The summed E-state index contributed by atoms with van der Waals surface area (Å²) in [4.78, 5) is 10.1. The fraction of sp³-hybridized carbons (Fsp3) is 0.941. The molecule has 0 unspecified atom stereocenters. The highest BCUT2D eigenvalue weighted by molar-refractivity contribution is 5.66. The second-order valence-electron chi connectivity index (χ2n) is 6.65. The van der Waals surface area contributed by atoms with Gasteiger partial charge in [0.1, 0.15) is 6.10 Å². The van der Waals surface area contributed by atoms with E-state index in [9.17, 15) is 4.79 Å². The zero-order valence-corrected chi connectivity index (χ0v) is 13.0. The zero-order valence-electron chi connectivity index (χ0n) is 13.0. The summed E-state index contributed by atoms with van der Waals surface area (Å²) < 4.78 is 4.72. The van der Waals surface area contributed by atoms with Gasteiger partial charge in [-0.3, -0.25) is 4.79 Å². The Morgan fingerprint density at radius 2 is 1.25 bits per heavy atom. The lowest BCUT2D eigenvalue weighted by molar-refractivity contribution is -0.142. The van der Waals surface area contributed by atoms with Crippen LogP contribution in [0.5, 0.6) is 0 Å². The van der Waals surface area contributed by atoms with E-state index in [0.29, 0.717) is 0 Å². The van der Waals surface area contributed by atoms with Crippen LogP contribution < -0.4 is 5.32 Å². The summed E-state index contributed by atoms with van der Waals surface area (Å²) in [6.45, 7) is 1.44. The molecule has 0 radical (unpaired) electrons. The van der Waals surface area contributed by atoms with Crippen LogP contribution in [-0.4, -0.2) is 24.2 Å². The number of nitrogens with one attached hydrogen (secondary N) is 1. The molecule has 0 aliphatic heterocycles. The van der Waals surface area contributed by atoms with E-state index in [4.69, 9.17) is 4.74 Å². The Balaban J connectivity index is 0.000000178. The maximum atomic E-state index is 10.1. The van der Waals surface area contributed by atoms with Crippen LogP contribution in [-0.2, 0) is 9.53 Å². The third-order valence-corrected chi connectivity index (χ3v) is 4.54. The van der Waals surface area contributed by atoms with Crippen molar-refractivity contribution in [1.29, 1.82) is 0 Å².